The number of rotatable bonds is 2. The third kappa shape index (κ3) is 4.06. The summed E-state index contributed by atoms with van der Waals surface area (Å²) in [5.41, 5.74) is 1.35. The molecule has 0 amide bonds. The van der Waals surface area contributed by atoms with E-state index < -0.39 is 0 Å². The van der Waals surface area contributed by atoms with Gasteiger partial charge in [0.05, 0.1) is 0 Å². The molecule has 118 valence electrons. The van der Waals surface area contributed by atoms with E-state index in [1.54, 1.807) is 6.07 Å². The second kappa shape index (κ2) is 6.36. The molecule has 2 unspecified atom stereocenters. The Morgan fingerprint density at radius 2 is 1.71 bits per heavy atom. The van der Waals surface area contributed by atoms with Crippen molar-refractivity contribution in [1.29, 1.82) is 0 Å². The minimum Gasteiger partial charge on any atom is -0.365 e. The van der Waals surface area contributed by atoms with E-state index in [2.05, 4.69) is 44.8 Å². The summed E-state index contributed by atoms with van der Waals surface area (Å²) < 4.78 is 0. The van der Waals surface area contributed by atoms with Gasteiger partial charge in [0.25, 0.3) is 0 Å². The minimum atomic E-state index is 0.225. The van der Waals surface area contributed by atoms with Gasteiger partial charge in [0.2, 0.25) is 0 Å². The summed E-state index contributed by atoms with van der Waals surface area (Å²) in [6, 6.07) is 6.74. The van der Waals surface area contributed by atoms with E-state index in [0.29, 0.717) is 28.0 Å². The van der Waals surface area contributed by atoms with Gasteiger partial charge in [-0.1, -0.05) is 57.8 Å². The van der Waals surface area contributed by atoms with Crippen molar-refractivity contribution >= 4 is 28.9 Å². The molecule has 0 aliphatic carbocycles. The molecule has 4 heteroatoms. The zero-order valence-corrected chi connectivity index (χ0v) is 15.1. The molecule has 21 heavy (non-hydrogen) atoms. The number of anilines is 1. The van der Waals surface area contributed by atoms with Gasteiger partial charge < -0.3 is 10.2 Å². The van der Waals surface area contributed by atoms with Crippen molar-refractivity contribution in [3.8, 4) is 0 Å². The fourth-order valence-electron chi connectivity index (χ4n) is 2.95. The molecule has 0 bridgehead atoms. The van der Waals surface area contributed by atoms with Gasteiger partial charge in [-0.2, -0.15) is 0 Å². The van der Waals surface area contributed by atoms with Crippen molar-refractivity contribution in [2.75, 3.05) is 18.0 Å². The van der Waals surface area contributed by atoms with Crippen molar-refractivity contribution in [3.05, 3.63) is 28.2 Å². The lowest BCUT2D eigenvalue weighted by molar-refractivity contribution is 0.221. The highest BCUT2D eigenvalue weighted by molar-refractivity contribution is 6.35. The van der Waals surface area contributed by atoms with Gasteiger partial charge in [-0.15, -0.1) is 0 Å². The molecule has 1 heterocycles. The molecule has 1 fully saturated rings. The Kier molecular flexibility index (Phi) is 5.12. The largest absolute Gasteiger partial charge is 0.365 e. The highest BCUT2D eigenvalue weighted by Gasteiger charge is 2.35. The molecule has 1 N–H and O–H groups in total. The fraction of sp³-hybridized carbons (Fsp3) is 0.647. The zero-order chi connectivity index (χ0) is 15.8. The average Bonchev–Trinajstić information content (AvgIpc) is 2.35. The van der Waals surface area contributed by atoms with Crippen LogP contribution in [-0.2, 0) is 0 Å². The number of hydrogen-bond donors (Lipinski definition) is 1. The van der Waals surface area contributed by atoms with Crippen LogP contribution >= 0.6 is 23.2 Å². The van der Waals surface area contributed by atoms with Gasteiger partial charge in [0, 0.05) is 40.9 Å². The summed E-state index contributed by atoms with van der Waals surface area (Å²) >= 11 is 12.4. The number of nitrogens with one attached hydrogen (secondary N) is 1. The summed E-state index contributed by atoms with van der Waals surface area (Å²) in [6.45, 7) is 13.3. The summed E-state index contributed by atoms with van der Waals surface area (Å²) in [5, 5.41) is 5.11. The molecule has 1 aromatic carbocycles. The van der Waals surface area contributed by atoms with Crippen molar-refractivity contribution in [1.82, 2.24) is 5.32 Å². The Balaban J connectivity index is 2.33. The Bertz CT molecular complexity index is 474. The first kappa shape index (κ1) is 16.9. The molecule has 0 radical (unpaired) electrons. The van der Waals surface area contributed by atoms with Crippen LogP contribution in [-0.4, -0.2) is 25.2 Å². The quantitative estimate of drug-likeness (QED) is 0.835. The van der Waals surface area contributed by atoms with Crippen molar-refractivity contribution in [3.63, 3.8) is 0 Å². The standard InChI is InChI=1S/C17H26Cl2N2/c1-11(2)15-9-20-16(17(3,4)5)10-21(15)14-7-12(18)6-13(19)8-14/h6-8,11,15-16,20H,9-10H2,1-5H3. The molecule has 0 saturated carbocycles. The van der Waals surface area contributed by atoms with Crippen LogP contribution in [0.3, 0.4) is 0 Å². The normalized spacial score (nSPS) is 23.7. The van der Waals surface area contributed by atoms with E-state index >= 15 is 0 Å². The molecule has 1 aromatic rings. The molecule has 2 atom stereocenters. The summed E-state index contributed by atoms with van der Waals surface area (Å²) in [6.07, 6.45) is 0. The Morgan fingerprint density at radius 3 is 2.19 bits per heavy atom. The smallest absolute Gasteiger partial charge is 0.0441 e. The number of piperazine rings is 1. The maximum absolute atomic E-state index is 6.20. The summed E-state index contributed by atoms with van der Waals surface area (Å²) in [5.74, 6) is 0.566. The second-order valence-electron chi connectivity index (χ2n) is 7.42. The lowest BCUT2D eigenvalue weighted by atomic mass is 9.83. The van der Waals surface area contributed by atoms with Crippen LogP contribution in [0.1, 0.15) is 34.6 Å². The highest BCUT2D eigenvalue weighted by Crippen LogP contribution is 2.32. The first-order chi connectivity index (χ1) is 9.68. The van der Waals surface area contributed by atoms with Crippen LogP contribution in [0.15, 0.2) is 18.2 Å². The van der Waals surface area contributed by atoms with Crippen LogP contribution in [0.4, 0.5) is 5.69 Å². The van der Waals surface area contributed by atoms with Gasteiger partial charge in [0.15, 0.2) is 0 Å². The first-order valence-electron chi connectivity index (χ1n) is 7.64. The Morgan fingerprint density at radius 1 is 1.14 bits per heavy atom. The monoisotopic (exact) mass is 328 g/mol. The Labute approximate surface area is 138 Å². The van der Waals surface area contributed by atoms with Gasteiger partial charge in [-0.05, 0) is 29.5 Å². The zero-order valence-electron chi connectivity index (χ0n) is 13.6. The molecule has 1 aliphatic heterocycles. The van der Waals surface area contributed by atoms with Crippen molar-refractivity contribution in [2.45, 2.75) is 46.7 Å². The summed E-state index contributed by atoms with van der Waals surface area (Å²) in [4.78, 5) is 2.47. The van der Waals surface area contributed by atoms with E-state index in [1.807, 2.05) is 12.1 Å². The van der Waals surface area contributed by atoms with Crippen LogP contribution < -0.4 is 10.2 Å². The molecule has 0 spiro atoms. The van der Waals surface area contributed by atoms with Gasteiger partial charge in [0.1, 0.15) is 0 Å². The van der Waals surface area contributed by atoms with Gasteiger partial charge >= 0.3 is 0 Å². The van der Waals surface area contributed by atoms with Gasteiger partial charge in [-0.25, -0.2) is 0 Å². The topological polar surface area (TPSA) is 15.3 Å². The number of hydrogen-bond acceptors (Lipinski definition) is 2. The second-order valence-corrected chi connectivity index (χ2v) is 8.29. The van der Waals surface area contributed by atoms with E-state index in [1.165, 1.54) is 0 Å². The van der Waals surface area contributed by atoms with Crippen LogP contribution in [0, 0.1) is 11.3 Å². The maximum atomic E-state index is 6.20. The molecular formula is C17H26Cl2N2. The van der Waals surface area contributed by atoms with E-state index in [0.717, 1.165) is 18.8 Å². The van der Waals surface area contributed by atoms with Crippen LogP contribution in [0.2, 0.25) is 10.0 Å². The predicted octanol–water partition coefficient (Wildman–Crippen LogP) is 4.84. The third-order valence-electron chi connectivity index (χ3n) is 4.35. The SMILES string of the molecule is CC(C)C1CNC(C(C)(C)C)CN1c1cc(Cl)cc(Cl)c1. The Hall–Kier alpha value is -0.440. The average molecular weight is 329 g/mol. The van der Waals surface area contributed by atoms with Crippen LogP contribution in [0.5, 0.6) is 0 Å². The summed E-state index contributed by atoms with van der Waals surface area (Å²) in [7, 11) is 0. The molecule has 2 nitrogen and oxygen atoms in total. The van der Waals surface area contributed by atoms with Crippen molar-refractivity contribution in [2.24, 2.45) is 11.3 Å². The lowest BCUT2D eigenvalue weighted by Crippen LogP contribution is -2.62. The maximum Gasteiger partial charge on any atom is 0.0441 e. The predicted molar refractivity (Wildman–Crippen MR) is 93.7 cm³/mol. The first-order valence-corrected chi connectivity index (χ1v) is 8.40. The third-order valence-corrected chi connectivity index (χ3v) is 4.78. The van der Waals surface area contributed by atoms with Crippen molar-refractivity contribution < 1.29 is 0 Å². The fourth-order valence-corrected chi connectivity index (χ4v) is 3.46. The molecule has 2 rings (SSSR count). The van der Waals surface area contributed by atoms with Gasteiger partial charge in [-0.3, -0.25) is 0 Å². The molecular weight excluding hydrogens is 303 g/mol. The lowest BCUT2D eigenvalue weighted by Gasteiger charge is -2.47. The minimum absolute atomic E-state index is 0.225. The number of benzene rings is 1. The number of nitrogens with zero attached hydrogens (tertiary/aromatic N) is 1. The van der Waals surface area contributed by atoms with E-state index in [4.69, 9.17) is 23.2 Å². The van der Waals surface area contributed by atoms with E-state index in [9.17, 15) is 0 Å². The molecule has 1 aliphatic rings. The highest BCUT2D eigenvalue weighted by atomic mass is 35.5. The molecule has 0 aromatic heterocycles. The van der Waals surface area contributed by atoms with Crippen LogP contribution in [0.25, 0.3) is 0 Å². The molecule has 1 saturated heterocycles. The van der Waals surface area contributed by atoms with E-state index in [-0.39, 0.29) is 5.41 Å². The number of halogens is 2.